The van der Waals surface area contributed by atoms with E-state index in [0.29, 0.717) is 38.3 Å². The summed E-state index contributed by atoms with van der Waals surface area (Å²) in [4.78, 5) is 28.1. The highest BCUT2D eigenvalue weighted by Crippen LogP contribution is 2.38. The van der Waals surface area contributed by atoms with E-state index in [2.05, 4.69) is 32.8 Å². The van der Waals surface area contributed by atoms with Crippen LogP contribution in [0, 0.1) is 0 Å². The van der Waals surface area contributed by atoms with Crippen molar-refractivity contribution in [3.63, 3.8) is 0 Å². The Labute approximate surface area is 185 Å². The Hall–Kier alpha value is -3.04. The predicted molar refractivity (Wildman–Crippen MR) is 121 cm³/mol. The topological polar surface area (TPSA) is 97.2 Å². The summed E-state index contributed by atoms with van der Waals surface area (Å²) in [6, 6.07) is 9.66. The number of nitrogens with zero attached hydrogens (tertiary/aromatic N) is 1. The van der Waals surface area contributed by atoms with Crippen LogP contribution >= 0.6 is 27.7 Å². The van der Waals surface area contributed by atoms with Crippen LogP contribution in [-0.2, 0) is 4.79 Å². The van der Waals surface area contributed by atoms with Gasteiger partial charge in [0, 0.05) is 0 Å². The van der Waals surface area contributed by atoms with Gasteiger partial charge in [0.1, 0.15) is 6.61 Å². The molecular weight excluding hydrogens is 472 g/mol. The smallest absolute Gasteiger partial charge is 0.335 e. The molecule has 1 aliphatic rings. The number of rotatable bonds is 7. The van der Waals surface area contributed by atoms with E-state index >= 15 is 0 Å². The Morgan fingerprint density at radius 3 is 2.70 bits per heavy atom. The van der Waals surface area contributed by atoms with Crippen LogP contribution in [0.15, 0.2) is 63.4 Å². The van der Waals surface area contributed by atoms with Crippen LogP contribution in [0.2, 0.25) is 0 Å². The van der Waals surface area contributed by atoms with Crippen molar-refractivity contribution in [3.8, 4) is 11.5 Å². The molecule has 9 heteroatoms. The Morgan fingerprint density at radius 2 is 2.07 bits per heavy atom. The number of carboxylic acids is 1. The average molecular weight is 489 g/mol. The number of halogens is 1. The summed E-state index contributed by atoms with van der Waals surface area (Å²) in [5.74, 6) is -0.211. The van der Waals surface area contributed by atoms with Crippen molar-refractivity contribution in [2.24, 2.45) is 4.99 Å². The van der Waals surface area contributed by atoms with Gasteiger partial charge in [-0.3, -0.25) is 4.79 Å². The van der Waals surface area contributed by atoms with Crippen molar-refractivity contribution < 1.29 is 24.2 Å². The lowest BCUT2D eigenvalue weighted by Gasteiger charge is -2.12. The molecular formula is C21H17BrN2O5S. The lowest BCUT2D eigenvalue weighted by Crippen LogP contribution is -2.19. The van der Waals surface area contributed by atoms with Gasteiger partial charge in [-0.25, -0.2) is 9.79 Å². The van der Waals surface area contributed by atoms with Gasteiger partial charge in [0.2, 0.25) is 0 Å². The number of hydrogen-bond acceptors (Lipinski definition) is 6. The number of ether oxygens (including phenoxy) is 2. The highest BCUT2D eigenvalue weighted by atomic mass is 79.9. The number of aromatic carboxylic acids is 1. The summed E-state index contributed by atoms with van der Waals surface area (Å²) >= 11 is 4.65. The van der Waals surface area contributed by atoms with Crippen molar-refractivity contribution in [3.05, 3.63) is 69.6 Å². The molecule has 0 atom stereocenters. The predicted octanol–water partition coefficient (Wildman–Crippen LogP) is 4.61. The van der Waals surface area contributed by atoms with Gasteiger partial charge >= 0.3 is 5.97 Å². The first-order valence-corrected chi connectivity index (χ1v) is 10.3. The first kappa shape index (κ1) is 21.7. The van der Waals surface area contributed by atoms with Crippen LogP contribution in [-0.4, -0.2) is 35.9 Å². The number of amides is 1. The number of aliphatic imine (C=N–C) groups is 1. The zero-order valence-corrected chi connectivity index (χ0v) is 18.2. The Morgan fingerprint density at radius 1 is 1.33 bits per heavy atom. The van der Waals surface area contributed by atoms with Crippen LogP contribution in [0.4, 0.5) is 5.69 Å². The number of hydrogen-bond donors (Lipinski definition) is 2. The zero-order valence-electron chi connectivity index (χ0n) is 15.8. The van der Waals surface area contributed by atoms with E-state index < -0.39 is 5.97 Å². The van der Waals surface area contributed by atoms with E-state index in [1.165, 1.54) is 31.0 Å². The summed E-state index contributed by atoms with van der Waals surface area (Å²) in [6.45, 7) is 3.96. The third-order valence-corrected chi connectivity index (χ3v) is 5.39. The third-order valence-electron chi connectivity index (χ3n) is 3.89. The number of nitrogens with one attached hydrogen (secondary N) is 1. The number of carboxylic acid groups (broad SMARTS) is 1. The van der Waals surface area contributed by atoms with Gasteiger partial charge < -0.3 is 19.9 Å². The van der Waals surface area contributed by atoms with Gasteiger partial charge in [-0.1, -0.05) is 12.7 Å². The second-order valence-corrected chi connectivity index (χ2v) is 7.85. The Balaban J connectivity index is 1.83. The lowest BCUT2D eigenvalue weighted by atomic mass is 10.2. The molecule has 0 unspecified atom stereocenters. The first-order chi connectivity index (χ1) is 14.4. The van der Waals surface area contributed by atoms with Gasteiger partial charge in [-0.15, -0.1) is 0 Å². The quantitative estimate of drug-likeness (QED) is 0.436. The van der Waals surface area contributed by atoms with E-state index in [1.807, 2.05) is 6.07 Å². The minimum absolute atomic E-state index is 0.169. The molecule has 0 aliphatic carbocycles. The monoisotopic (exact) mass is 488 g/mol. The largest absolute Gasteiger partial charge is 0.493 e. The summed E-state index contributed by atoms with van der Waals surface area (Å²) in [5.41, 5.74) is 1.45. The fraction of sp³-hybridized carbons (Fsp3) is 0.0952. The molecule has 2 aromatic carbocycles. The maximum Gasteiger partial charge on any atom is 0.335 e. The van der Waals surface area contributed by atoms with Gasteiger partial charge in [0.25, 0.3) is 5.91 Å². The second kappa shape index (κ2) is 9.64. The highest BCUT2D eigenvalue weighted by Gasteiger charge is 2.24. The molecule has 0 bridgehead atoms. The molecule has 2 N–H and O–H groups in total. The zero-order chi connectivity index (χ0) is 21.7. The fourth-order valence-electron chi connectivity index (χ4n) is 2.53. The molecule has 0 saturated carbocycles. The van der Waals surface area contributed by atoms with E-state index in [1.54, 1.807) is 30.4 Å². The molecule has 7 nitrogen and oxygen atoms in total. The van der Waals surface area contributed by atoms with E-state index in [4.69, 9.17) is 14.6 Å². The summed E-state index contributed by atoms with van der Waals surface area (Å²) in [7, 11) is 1.54. The molecule has 1 heterocycles. The van der Waals surface area contributed by atoms with Crippen molar-refractivity contribution in [1.82, 2.24) is 5.32 Å². The van der Waals surface area contributed by atoms with E-state index in [-0.39, 0.29) is 11.5 Å². The number of benzene rings is 2. The van der Waals surface area contributed by atoms with Gasteiger partial charge in [-0.05, 0) is 75.7 Å². The van der Waals surface area contributed by atoms with E-state index in [9.17, 15) is 9.59 Å². The molecule has 1 amide bonds. The van der Waals surface area contributed by atoms with Crippen LogP contribution in [0.3, 0.4) is 0 Å². The molecule has 1 fully saturated rings. The Bertz CT molecular complexity index is 1060. The molecule has 30 heavy (non-hydrogen) atoms. The van der Waals surface area contributed by atoms with Gasteiger partial charge in [0.05, 0.1) is 27.7 Å². The number of methoxy groups -OCH3 is 1. The van der Waals surface area contributed by atoms with Gasteiger partial charge in [-0.2, -0.15) is 0 Å². The number of carbonyl (C=O) groups excluding carboxylic acids is 1. The first-order valence-electron chi connectivity index (χ1n) is 8.65. The number of carbonyl (C=O) groups is 2. The average Bonchev–Trinajstić information content (AvgIpc) is 3.05. The van der Waals surface area contributed by atoms with Crippen LogP contribution in [0.5, 0.6) is 11.5 Å². The van der Waals surface area contributed by atoms with Crippen molar-refractivity contribution in [1.29, 1.82) is 0 Å². The van der Waals surface area contributed by atoms with Crippen molar-refractivity contribution in [2.45, 2.75) is 0 Å². The standard InChI is InChI=1S/C21H17BrN2O5S/c1-3-8-29-18-15(22)9-12(10-16(18)28-2)11-17-19(25)24-21(30-17)23-14-6-4-13(5-7-14)20(26)27/h3-7,9-11H,1,8H2,2H3,(H,26,27)(H,23,24,25). The SMILES string of the molecule is C=CCOc1c(Br)cc(C=C2SC(=Nc3ccc(C(=O)O)cc3)NC2=O)cc1OC. The summed E-state index contributed by atoms with van der Waals surface area (Å²) < 4.78 is 11.7. The maximum absolute atomic E-state index is 12.3. The highest BCUT2D eigenvalue weighted by molar-refractivity contribution is 9.10. The fourth-order valence-corrected chi connectivity index (χ4v) is 3.95. The summed E-state index contributed by atoms with van der Waals surface area (Å²) in [5, 5.41) is 12.1. The molecule has 154 valence electrons. The van der Waals surface area contributed by atoms with Crippen molar-refractivity contribution >= 4 is 56.5 Å². The number of amidine groups is 1. The molecule has 0 radical (unpaired) electrons. The van der Waals surface area contributed by atoms with E-state index in [0.717, 1.165) is 5.56 Å². The maximum atomic E-state index is 12.3. The minimum atomic E-state index is -1.01. The summed E-state index contributed by atoms with van der Waals surface area (Å²) in [6.07, 6.45) is 3.36. The molecule has 1 aliphatic heterocycles. The molecule has 3 rings (SSSR count). The van der Waals surface area contributed by atoms with Crippen LogP contribution < -0.4 is 14.8 Å². The number of thioether (sulfide) groups is 1. The van der Waals surface area contributed by atoms with Gasteiger partial charge in [0.15, 0.2) is 16.7 Å². The lowest BCUT2D eigenvalue weighted by molar-refractivity contribution is -0.115. The van der Waals surface area contributed by atoms with Crippen LogP contribution in [0.1, 0.15) is 15.9 Å². The second-order valence-electron chi connectivity index (χ2n) is 5.97. The molecule has 2 aromatic rings. The molecule has 1 saturated heterocycles. The van der Waals surface area contributed by atoms with Crippen molar-refractivity contribution in [2.75, 3.05) is 13.7 Å². The minimum Gasteiger partial charge on any atom is -0.493 e. The molecule has 0 aromatic heterocycles. The Kier molecular flexibility index (Phi) is 6.96. The molecule has 0 spiro atoms. The third kappa shape index (κ3) is 5.11. The van der Waals surface area contributed by atoms with Crippen LogP contribution in [0.25, 0.3) is 6.08 Å². The normalized spacial score (nSPS) is 15.9.